The summed E-state index contributed by atoms with van der Waals surface area (Å²) in [7, 11) is 1.52. The lowest BCUT2D eigenvalue weighted by atomic mass is 10.2. The van der Waals surface area contributed by atoms with Gasteiger partial charge >= 0.3 is 5.97 Å². The summed E-state index contributed by atoms with van der Waals surface area (Å²) in [4.78, 5) is 10.9. The Hall–Kier alpha value is -2.20. The van der Waals surface area contributed by atoms with Gasteiger partial charge in [0.2, 0.25) is 0 Å². The number of halogens is 1. The molecule has 0 unspecified atom stereocenters. The minimum Gasteiger partial charge on any atom is -0.493 e. The molecule has 4 nitrogen and oxygen atoms in total. The number of carboxylic acids is 1. The lowest BCUT2D eigenvalue weighted by molar-refractivity contribution is 0.0696. The fourth-order valence-corrected chi connectivity index (χ4v) is 1.66. The Labute approximate surface area is 123 Å². The maximum absolute atomic E-state index is 10.9. The lowest BCUT2D eigenvalue weighted by Crippen LogP contribution is -2.01. The Kier molecular flexibility index (Phi) is 5.87. The van der Waals surface area contributed by atoms with Crippen molar-refractivity contribution in [1.82, 2.24) is 0 Å². The Morgan fingerprint density at radius 1 is 1.10 bits per heavy atom. The monoisotopic (exact) mass is 294 g/mol. The lowest BCUT2D eigenvalue weighted by Gasteiger charge is -2.11. The molecule has 2 rings (SSSR count). The van der Waals surface area contributed by atoms with Crippen LogP contribution in [0.15, 0.2) is 48.5 Å². The van der Waals surface area contributed by atoms with Crippen LogP contribution >= 0.6 is 12.4 Å². The summed E-state index contributed by atoms with van der Waals surface area (Å²) >= 11 is 0. The summed E-state index contributed by atoms with van der Waals surface area (Å²) in [5, 5.41) is 8.96. The van der Waals surface area contributed by atoms with E-state index in [9.17, 15) is 4.79 Å². The number of carboxylic acid groups (broad SMARTS) is 1. The molecule has 0 aliphatic carbocycles. The maximum Gasteiger partial charge on any atom is 0.335 e. The zero-order chi connectivity index (χ0) is 13.7. The molecule has 0 fully saturated rings. The third-order valence-corrected chi connectivity index (χ3v) is 2.65. The highest BCUT2D eigenvalue weighted by atomic mass is 35.5. The second kappa shape index (κ2) is 7.40. The fraction of sp³-hybridized carbons (Fsp3) is 0.133. The van der Waals surface area contributed by atoms with Gasteiger partial charge in [-0.1, -0.05) is 30.3 Å². The average Bonchev–Trinajstić information content (AvgIpc) is 2.45. The number of carbonyl (C=O) groups is 1. The molecule has 0 saturated carbocycles. The van der Waals surface area contributed by atoms with E-state index >= 15 is 0 Å². The molecule has 0 atom stereocenters. The standard InChI is InChI=1S/C15H14O4.ClH/c1-18-13-8-7-12(15(16)17)9-14(13)19-10-11-5-3-2-4-6-11;/h2-9H,10H2,1H3,(H,16,17);1H. The summed E-state index contributed by atoms with van der Waals surface area (Å²) in [6, 6.07) is 14.2. The molecule has 0 spiro atoms. The van der Waals surface area contributed by atoms with Gasteiger partial charge in [0.1, 0.15) is 6.61 Å². The van der Waals surface area contributed by atoms with Crippen LogP contribution < -0.4 is 9.47 Å². The van der Waals surface area contributed by atoms with E-state index in [0.717, 1.165) is 5.56 Å². The van der Waals surface area contributed by atoms with E-state index in [2.05, 4.69) is 0 Å². The number of aromatic carboxylic acids is 1. The van der Waals surface area contributed by atoms with Crippen molar-refractivity contribution in [2.24, 2.45) is 0 Å². The van der Waals surface area contributed by atoms with Gasteiger partial charge in [0.05, 0.1) is 12.7 Å². The average molecular weight is 295 g/mol. The first kappa shape index (κ1) is 15.9. The normalized spacial score (nSPS) is 9.45. The third-order valence-electron chi connectivity index (χ3n) is 2.65. The van der Waals surface area contributed by atoms with E-state index in [1.807, 2.05) is 30.3 Å². The molecule has 2 aromatic rings. The molecule has 2 aromatic carbocycles. The van der Waals surface area contributed by atoms with Gasteiger partial charge < -0.3 is 14.6 Å². The SMILES string of the molecule is COc1ccc(C(=O)O)cc1OCc1ccccc1.Cl. The number of rotatable bonds is 5. The summed E-state index contributed by atoms with van der Waals surface area (Å²) in [6.07, 6.45) is 0. The Balaban J connectivity index is 0.00000200. The topological polar surface area (TPSA) is 55.8 Å². The van der Waals surface area contributed by atoms with Crippen LogP contribution in [0.2, 0.25) is 0 Å². The maximum atomic E-state index is 10.9. The fourth-order valence-electron chi connectivity index (χ4n) is 1.66. The molecule has 5 heteroatoms. The molecule has 20 heavy (non-hydrogen) atoms. The number of benzene rings is 2. The van der Waals surface area contributed by atoms with Gasteiger partial charge in [-0.05, 0) is 23.8 Å². The first-order chi connectivity index (χ1) is 9.20. The van der Waals surface area contributed by atoms with Gasteiger partial charge in [0.15, 0.2) is 11.5 Å². The van der Waals surface area contributed by atoms with Crippen molar-refractivity contribution in [1.29, 1.82) is 0 Å². The minimum atomic E-state index is -0.993. The van der Waals surface area contributed by atoms with Crippen LogP contribution in [0.5, 0.6) is 11.5 Å². The van der Waals surface area contributed by atoms with Crippen LogP contribution in [0, 0.1) is 0 Å². The molecule has 0 saturated heterocycles. The van der Waals surface area contributed by atoms with Crippen molar-refractivity contribution >= 4 is 18.4 Å². The summed E-state index contributed by atoms with van der Waals surface area (Å²) in [6.45, 7) is 0.361. The van der Waals surface area contributed by atoms with E-state index in [0.29, 0.717) is 18.1 Å². The van der Waals surface area contributed by atoms with E-state index in [1.165, 1.54) is 19.2 Å². The zero-order valence-corrected chi connectivity index (χ0v) is 11.7. The van der Waals surface area contributed by atoms with Crippen LogP contribution in [0.3, 0.4) is 0 Å². The van der Waals surface area contributed by atoms with Crippen LogP contribution in [-0.4, -0.2) is 18.2 Å². The summed E-state index contributed by atoms with van der Waals surface area (Å²) in [5.41, 5.74) is 1.18. The molecule has 1 N–H and O–H groups in total. The first-order valence-electron chi connectivity index (χ1n) is 5.79. The highest BCUT2D eigenvalue weighted by Gasteiger charge is 2.10. The Bertz CT molecular complexity index is 569. The Morgan fingerprint density at radius 3 is 2.40 bits per heavy atom. The van der Waals surface area contributed by atoms with Crippen molar-refractivity contribution in [3.05, 3.63) is 59.7 Å². The molecule has 0 radical (unpaired) electrons. The smallest absolute Gasteiger partial charge is 0.335 e. The number of ether oxygens (including phenoxy) is 2. The van der Waals surface area contributed by atoms with Crippen LogP contribution in [0.1, 0.15) is 15.9 Å². The van der Waals surface area contributed by atoms with E-state index < -0.39 is 5.97 Å². The highest BCUT2D eigenvalue weighted by Crippen LogP contribution is 2.28. The van der Waals surface area contributed by atoms with Crippen molar-refractivity contribution in [3.63, 3.8) is 0 Å². The predicted octanol–water partition coefficient (Wildman–Crippen LogP) is 3.39. The van der Waals surface area contributed by atoms with Gasteiger partial charge in [-0.25, -0.2) is 4.79 Å². The van der Waals surface area contributed by atoms with Crippen LogP contribution in [-0.2, 0) is 6.61 Å². The molecule has 0 amide bonds. The molecule has 0 heterocycles. The van der Waals surface area contributed by atoms with Crippen molar-refractivity contribution < 1.29 is 19.4 Å². The molecule has 0 aliphatic rings. The molecule has 0 aliphatic heterocycles. The Morgan fingerprint density at radius 2 is 1.80 bits per heavy atom. The summed E-state index contributed by atoms with van der Waals surface area (Å²) in [5.74, 6) is -0.0561. The van der Waals surface area contributed by atoms with Gasteiger partial charge in [0.25, 0.3) is 0 Å². The largest absolute Gasteiger partial charge is 0.493 e. The second-order valence-electron chi connectivity index (χ2n) is 3.95. The van der Waals surface area contributed by atoms with Gasteiger partial charge in [-0.15, -0.1) is 12.4 Å². The third kappa shape index (κ3) is 3.90. The van der Waals surface area contributed by atoms with Gasteiger partial charge in [-0.3, -0.25) is 0 Å². The van der Waals surface area contributed by atoms with Gasteiger partial charge in [-0.2, -0.15) is 0 Å². The highest BCUT2D eigenvalue weighted by molar-refractivity contribution is 5.88. The van der Waals surface area contributed by atoms with Crippen molar-refractivity contribution in [3.8, 4) is 11.5 Å². The van der Waals surface area contributed by atoms with E-state index in [4.69, 9.17) is 14.6 Å². The van der Waals surface area contributed by atoms with Crippen molar-refractivity contribution in [2.75, 3.05) is 7.11 Å². The molecule has 0 aromatic heterocycles. The number of hydrogen-bond acceptors (Lipinski definition) is 3. The van der Waals surface area contributed by atoms with E-state index in [-0.39, 0.29) is 18.0 Å². The van der Waals surface area contributed by atoms with Crippen LogP contribution in [0.25, 0.3) is 0 Å². The summed E-state index contributed by atoms with van der Waals surface area (Å²) < 4.78 is 10.8. The van der Waals surface area contributed by atoms with Crippen LogP contribution in [0.4, 0.5) is 0 Å². The quantitative estimate of drug-likeness (QED) is 0.918. The number of hydrogen-bond donors (Lipinski definition) is 1. The minimum absolute atomic E-state index is 0. The van der Waals surface area contributed by atoms with Gasteiger partial charge in [0, 0.05) is 0 Å². The zero-order valence-electron chi connectivity index (χ0n) is 10.9. The van der Waals surface area contributed by atoms with E-state index in [1.54, 1.807) is 6.07 Å². The molecule has 0 bridgehead atoms. The molecule has 106 valence electrons. The predicted molar refractivity (Wildman–Crippen MR) is 78.0 cm³/mol. The van der Waals surface area contributed by atoms with Crippen molar-refractivity contribution in [2.45, 2.75) is 6.61 Å². The first-order valence-corrected chi connectivity index (χ1v) is 5.79. The molecular weight excluding hydrogens is 280 g/mol. The molecular formula is C15H15ClO4. The number of methoxy groups -OCH3 is 1. The second-order valence-corrected chi connectivity index (χ2v) is 3.95.